The number of aryl methyl sites for hydroxylation is 1. The molecule has 0 atom stereocenters. The highest BCUT2D eigenvalue weighted by Gasteiger charge is 2.01. The van der Waals surface area contributed by atoms with Crippen molar-refractivity contribution in [2.45, 2.75) is 13.1 Å². The molecule has 2 aromatic rings. The topological polar surface area (TPSA) is 29.9 Å². The molecule has 0 unspecified atom stereocenters. The van der Waals surface area contributed by atoms with E-state index < -0.39 is 0 Å². The maximum absolute atomic E-state index is 5.94. The maximum atomic E-state index is 5.94. The van der Waals surface area contributed by atoms with Gasteiger partial charge in [-0.2, -0.15) is 0 Å². The first-order valence-corrected chi connectivity index (χ1v) is 6.03. The summed E-state index contributed by atoms with van der Waals surface area (Å²) in [6.45, 7) is 1.47. The van der Waals surface area contributed by atoms with Crippen LogP contribution in [0, 0.1) is 0 Å². The quantitative estimate of drug-likeness (QED) is 0.925. The van der Waals surface area contributed by atoms with Gasteiger partial charge < -0.3 is 9.88 Å². The molecular formula is C12H13Cl2N3. The second-order valence-corrected chi connectivity index (χ2v) is 4.62. The predicted octanol–water partition coefficient (Wildman–Crippen LogP) is 3.02. The SMILES string of the molecule is Cn1ccnc1CNCc1ccc(Cl)c(Cl)c1. The Morgan fingerprint density at radius 2 is 2.06 bits per heavy atom. The molecule has 0 bridgehead atoms. The van der Waals surface area contributed by atoms with E-state index in [1.165, 1.54) is 0 Å². The maximum Gasteiger partial charge on any atom is 0.122 e. The zero-order valence-corrected chi connectivity index (χ0v) is 11.0. The van der Waals surface area contributed by atoms with Gasteiger partial charge in [0.15, 0.2) is 0 Å². The molecule has 0 amide bonds. The highest BCUT2D eigenvalue weighted by atomic mass is 35.5. The van der Waals surface area contributed by atoms with E-state index in [1.807, 2.05) is 36.0 Å². The van der Waals surface area contributed by atoms with E-state index >= 15 is 0 Å². The molecule has 0 radical (unpaired) electrons. The second-order valence-electron chi connectivity index (χ2n) is 3.81. The number of nitrogens with one attached hydrogen (secondary N) is 1. The molecular weight excluding hydrogens is 257 g/mol. The van der Waals surface area contributed by atoms with Gasteiger partial charge in [-0.3, -0.25) is 0 Å². The third-order valence-electron chi connectivity index (χ3n) is 2.52. The summed E-state index contributed by atoms with van der Waals surface area (Å²) in [5, 5.41) is 4.48. The molecule has 0 fully saturated rings. The van der Waals surface area contributed by atoms with Crippen LogP contribution < -0.4 is 5.32 Å². The first-order chi connectivity index (χ1) is 8.16. The van der Waals surface area contributed by atoms with Crippen molar-refractivity contribution < 1.29 is 0 Å². The van der Waals surface area contributed by atoms with Crippen LogP contribution in [0.5, 0.6) is 0 Å². The Hall–Kier alpha value is -1.03. The van der Waals surface area contributed by atoms with Crippen molar-refractivity contribution in [3.05, 3.63) is 52.0 Å². The number of hydrogen-bond acceptors (Lipinski definition) is 2. The number of benzene rings is 1. The summed E-state index contributed by atoms with van der Waals surface area (Å²) >= 11 is 11.8. The molecule has 90 valence electrons. The standard InChI is InChI=1S/C12H13Cl2N3/c1-17-5-4-16-12(17)8-15-7-9-2-3-10(13)11(14)6-9/h2-6,15H,7-8H2,1H3. The smallest absolute Gasteiger partial charge is 0.122 e. The minimum absolute atomic E-state index is 0.583. The summed E-state index contributed by atoms with van der Waals surface area (Å²) in [5.41, 5.74) is 1.11. The lowest BCUT2D eigenvalue weighted by atomic mass is 10.2. The van der Waals surface area contributed by atoms with Gasteiger partial charge in [-0.1, -0.05) is 29.3 Å². The van der Waals surface area contributed by atoms with E-state index in [-0.39, 0.29) is 0 Å². The number of nitrogens with zero attached hydrogens (tertiary/aromatic N) is 2. The highest BCUT2D eigenvalue weighted by molar-refractivity contribution is 6.42. The fourth-order valence-electron chi connectivity index (χ4n) is 1.54. The van der Waals surface area contributed by atoms with Crippen LogP contribution in [0.3, 0.4) is 0 Å². The van der Waals surface area contributed by atoms with Crippen molar-refractivity contribution in [2.75, 3.05) is 0 Å². The van der Waals surface area contributed by atoms with Crippen LogP contribution >= 0.6 is 23.2 Å². The van der Waals surface area contributed by atoms with Crippen molar-refractivity contribution in [2.24, 2.45) is 7.05 Å². The fourth-order valence-corrected chi connectivity index (χ4v) is 1.86. The Morgan fingerprint density at radius 1 is 1.24 bits per heavy atom. The first kappa shape index (κ1) is 12.4. The number of hydrogen-bond donors (Lipinski definition) is 1. The van der Waals surface area contributed by atoms with Crippen LogP contribution in [-0.4, -0.2) is 9.55 Å². The van der Waals surface area contributed by atoms with Gasteiger partial charge in [0.25, 0.3) is 0 Å². The van der Waals surface area contributed by atoms with Gasteiger partial charge in [0.05, 0.1) is 16.6 Å². The number of imidazole rings is 1. The third kappa shape index (κ3) is 3.22. The van der Waals surface area contributed by atoms with Crippen LogP contribution in [0.15, 0.2) is 30.6 Å². The van der Waals surface area contributed by atoms with Gasteiger partial charge in [-0.15, -0.1) is 0 Å². The Bertz CT molecular complexity index is 508. The van der Waals surface area contributed by atoms with E-state index in [2.05, 4.69) is 10.3 Å². The summed E-state index contributed by atoms with van der Waals surface area (Å²) in [7, 11) is 1.98. The molecule has 0 aliphatic heterocycles. The molecule has 5 heteroatoms. The van der Waals surface area contributed by atoms with Crippen LogP contribution in [-0.2, 0) is 20.1 Å². The van der Waals surface area contributed by atoms with E-state index in [9.17, 15) is 0 Å². The van der Waals surface area contributed by atoms with Crippen molar-refractivity contribution in [1.29, 1.82) is 0 Å². The van der Waals surface area contributed by atoms with E-state index in [4.69, 9.17) is 23.2 Å². The minimum atomic E-state index is 0.583. The molecule has 17 heavy (non-hydrogen) atoms. The normalized spacial score (nSPS) is 10.8. The van der Waals surface area contributed by atoms with Gasteiger partial charge in [0, 0.05) is 26.0 Å². The summed E-state index contributed by atoms with van der Waals surface area (Å²) in [6.07, 6.45) is 3.71. The Balaban J connectivity index is 1.90. The second kappa shape index (κ2) is 5.54. The van der Waals surface area contributed by atoms with E-state index in [0.29, 0.717) is 10.0 Å². The molecule has 0 saturated carbocycles. The largest absolute Gasteiger partial charge is 0.337 e. The Morgan fingerprint density at radius 3 is 2.71 bits per heavy atom. The van der Waals surface area contributed by atoms with E-state index in [1.54, 1.807) is 6.20 Å². The fraction of sp³-hybridized carbons (Fsp3) is 0.250. The molecule has 1 aromatic carbocycles. The molecule has 2 rings (SSSR count). The van der Waals surface area contributed by atoms with Crippen LogP contribution in [0.2, 0.25) is 10.0 Å². The number of aromatic nitrogens is 2. The monoisotopic (exact) mass is 269 g/mol. The van der Waals surface area contributed by atoms with Crippen molar-refractivity contribution in [3.63, 3.8) is 0 Å². The predicted molar refractivity (Wildman–Crippen MR) is 70.2 cm³/mol. The van der Waals surface area contributed by atoms with Gasteiger partial charge in [0.1, 0.15) is 5.82 Å². The molecule has 0 saturated heterocycles. The Kier molecular flexibility index (Phi) is 4.05. The van der Waals surface area contributed by atoms with E-state index in [0.717, 1.165) is 24.5 Å². The summed E-state index contributed by atoms with van der Waals surface area (Å²) < 4.78 is 1.99. The molecule has 1 N–H and O–H groups in total. The summed E-state index contributed by atoms with van der Waals surface area (Å²) in [4.78, 5) is 4.23. The third-order valence-corrected chi connectivity index (χ3v) is 3.26. The Labute approximate surface area is 110 Å². The minimum Gasteiger partial charge on any atom is -0.337 e. The van der Waals surface area contributed by atoms with Gasteiger partial charge in [-0.25, -0.2) is 4.98 Å². The summed E-state index contributed by atoms with van der Waals surface area (Å²) in [5.74, 6) is 1.00. The lowest BCUT2D eigenvalue weighted by Gasteiger charge is -2.06. The molecule has 3 nitrogen and oxygen atoms in total. The van der Waals surface area contributed by atoms with Crippen molar-refractivity contribution in [1.82, 2.24) is 14.9 Å². The van der Waals surface area contributed by atoms with Crippen molar-refractivity contribution >= 4 is 23.2 Å². The lowest BCUT2D eigenvalue weighted by molar-refractivity contribution is 0.639. The van der Waals surface area contributed by atoms with Gasteiger partial charge in [-0.05, 0) is 17.7 Å². The first-order valence-electron chi connectivity index (χ1n) is 5.27. The molecule has 0 aliphatic carbocycles. The van der Waals surface area contributed by atoms with Gasteiger partial charge in [0.2, 0.25) is 0 Å². The number of halogens is 2. The van der Waals surface area contributed by atoms with Crippen LogP contribution in [0.4, 0.5) is 0 Å². The van der Waals surface area contributed by atoms with Crippen LogP contribution in [0.1, 0.15) is 11.4 Å². The average molecular weight is 270 g/mol. The highest BCUT2D eigenvalue weighted by Crippen LogP contribution is 2.22. The zero-order valence-electron chi connectivity index (χ0n) is 9.45. The molecule has 0 spiro atoms. The van der Waals surface area contributed by atoms with Crippen molar-refractivity contribution in [3.8, 4) is 0 Å². The lowest BCUT2D eigenvalue weighted by Crippen LogP contribution is -2.15. The number of rotatable bonds is 4. The molecule has 1 aromatic heterocycles. The summed E-state index contributed by atoms with van der Waals surface area (Å²) in [6, 6.07) is 5.64. The molecule has 1 heterocycles. The van der Waals surface area contributed by atoms with Crippen LogP contribution in [0.25, 0.3) is 0 Å². The molecule has 0 aliphatic rings. The van der Waals surface area contributed by atoms with Gasteiger partial charge >= 0.3 is 0 Å². The average Bonchev–Trinajstić information content (AvgIpc) is 2.70. The zero-order chi connectivity index (χ0) is 12.3.